The van der Waals surface area contributed by atoms with Gasteiger partial charge in [-0.2, -0.15) is 0 Å². The normalized spacial score (nSPS) is 16.0. The van der Waals surface area contributed by atoms with Gasteiger partial charge in [-0.3, -0.25) is 14.5 Å². The SMILES string of the molecule is CC(C)c1ccc(N2C(=O)CS[C@H]2c2cccc(NC(=O)c3ccc(Cl)cc3Cl)c2)cc1. The molecule has 0 bridgehead atoms. The quantitative estimate of drug-likeness (QED) is 0.418. The van der Waals surface area contributed by atoms with Crippen molar-refractivity contribution < 1.29 is 9.59 Å². The fraction of sp³-hybridized carbons (Fsp3) is 0.200. The van der Waals surface area contributed by atoms with Crippen molar-refractivity contribution in [1.29, 1.82) is 0 Å². The molecule has 4 nitrogen and oxygen atoms in total. The van der Waals surface area contributed by atoms with Gasteiger partial charge in [0.2, 0.25) is 5.91 Å². The van der Waals surface area contributed by atoms with Gasteiger partial charge in [-0.05, 0) is 59.5 Å². The van der Waals surface area contributed by atoms with Crippen molar-refractivity contribution in [3.05, 3.63) is 93.5 Å². The van der Waals surface area contributed by atoms with Crippen LogP contribution in [0.25, 0.3) is 0 Å². The van der Waals surface area contributed by atoms with E-state index in [1.54, 1.807) is 23.9 Å². The third kappa shape index (κ3) is 4.80. The second-order valence-electron chi connectivity index (χ2n) is 7.88. The van der Waals surface area contributed by atoms with Gasteiger partial charge in [-0.1, -0.05) is 61.3 Å². The number of rotatable bonds is 5. The summed E-state index contributed by atoms with van der Waals surface area (Å²) >= 11 is 13.7. The number of halogens is 2. The first-order valence-electron chi connectivity index (χ1n) is 10.2. The zero-order valence-corrected chi connectivity index (χ0v) is 20.0. The minimum absolute atomic E-state index is 0.0691. The molecule has 4 rings (SSSR count). The number of amides is 2. The van der Waals surface area contributed by atoms with E-state index in [-0.39, 0.29) is 17.2 Å². The zero-order chi connectivity index (χ0) is 22.8. The molecule has 1 saturated heterocycles. The molecule has 1 aliphatic heterocycles. The summed E-state index contributed by atoms with van der Waals surface area (Å²) in [5, 5.41) is 3.49. The van der Waals surface area contributed by atoms with Crippen LogP contribution >= 0.6 is 35.0 Å². The second-order valence-corrected chi connectivity index (χ2v) is 9.79. The zero-order valence-electron chi connectivity index (χ0n) is 17.6. The van der Waals surface area contributed by atoms with Crippen molar-refractivity contribution in [2.24, 2.45) is 0 Å². The van der Waals surface area contributed by atoms with Gasteiger partial charge in [-0.15, -0.1) is 11.8 Å². The topological polar surface area (TPSA) is 49.4 Å². The van der Waals surface area contributed by atoms with E-state index in [9.17, 15) is 9.59 Å². The Morgan fingerprint density at radius 1 is 1.06 bits per heavy atom. The number of anilines is 2. The summed E-state index contributed by atoms with van der Waals surface area (Å²) in [5.74, 6) is 0.589. The summed E-state index contributed by atoms with van der Waals surface area (Å²) in [4.78, 5) is 27.2. The molecule has 0 aromatic heterocycles. The van der Waals surface area contributed by atoms with E-state index in [1.165, 1.54) is 11.6 Å². The Bertz CT molecular complexity index is 1160. The third-order valence-corrected chi connectivity index (χ3v) is 7.07. The molecule has 0 aliphatic carbocycles. The Morgan fingerprint density at radius 3 is 2.50 bits per heavy atom. The van der Waals surface area contributed by atoms with E-state index in [0.29, 0.717) is 33.0 Å². The Hall–Kier alpha value is -2.47. The molecular weight excluding hydrogens is 463 g/mol. The van der Waals surface area contributed by atoms with Crippen LogP contribution in [0, 0.1) is 0 Å². The molecule has 3 aromatic rings. The standard InChI is InChI=1S/C25H22Cl2N2O2S/c1-15(2)16-6-9-20(10-7-16)29-23(30)14-32-25(29)17-4-3-5-19(12-17)28-24(31)21-11-8-18(26)13-22(21)27/h3-13,15,25H,14H2,1-2H3,(H,28,31)/t25-/m0/s1. The van der Waals surface area contributed by atoms with E-state index >= 15 is 0 Å². The highest BCUT2D eigenvalue weighted by atomic mass is 35.5. The van der Waals surface area contributed by atoms with Crippen LogP contribution < -0.4 is 10.2 Å². The summed E-state index contributed by atoms with van der Waals surface area (Å²) in [6.45, 7) is 4.29. The molecule has 1 atom stereocenters. The number of carbonyl (C=O) groups excluding carboxylic acids is 2. The molecule has 0 saturated carbocycles. The average molecular weight is 485 g/mol. The molecule has 1 N–H and O–H groups in total. The second kappa shape index (κ2) is 9.57. The van der Waals surface area contributed by atoms with E-state index in [4.69, 9.17) is 23.2 Å². The molecular formula is C25H22Cl2N2O2S. The van der Waals surface area contributed by atoms with Crippen molar-refractivity contribution >= 4 is 58.2 Å². The maximum Gasteiger partial charge on any atom is 0.257 e. The van der Waals surface area contributed by atoms with Crippen LogP contribution in [0.4, 0.5) is 11.4 Å². The van der Waals surface area contributed by atoms with Crippen LogP contribution in [0.15, 0.2) is 66.7 Å². The molecule has 1 fully saturated rings. The molecule has 1 heterocycles. The van der Waals surface area contributed by atoms with Crippen LogP contribution in [0.3, 0.4) is 0 Å². The highest BCUT2D eigenvalue weighted by molar-refractivity contribution is 8.00. The number of benzene rings is 3. The number of hydrogen-bond acceptors (Lipinski definition) is 3. The van der Waals surface area contributed by atoms with Crippen molar-refractivity contribution in [3.8, 4) is 0 Å². The molecule has 0 unspecified atom stereocenters. The average Bonchev–Trinajstić information content (AvgIpc) is 3.15. The van der Waals surface area contributed by atoms with Gasteiger partial charge < -0.3 is 5.32 Å². The molecule has 0 spiro atoms. The Morgan fingerprint density at radius 2 is 1.81 bits per heavy atom. The molecule has 3 aromatic carbocycles. The molecule has 1 aliphatic rings. The van der Waals surface area contributed by atoms with Crippen LogP contribution in [0.5, 0.6) is 0 Å². The number of nitrogens with zero attached hydrogens (tertiary/aromatic N) is 1. The maximum atomic E-state index is 12.7. The molecule has 0 radical (unpaired) electrons. The van der Waals surface area contributed by atoms with E-state index in [0.717, 1.165) is 11.3 Å². The van der Waals surface area contributed by atoms with Gasteiger partial charge in [0.15, 0.2) is 0 Å². The minimum Gasteiger partial charge on any atom is -0.322 e. The number of nitrogens with one attached hydrogen (secondary N) is 1. The molecule has 32 heavy (non-hydrogen) atoms. The predicted molar refractivity (Wildman–Crippen MR) is 134 cm³/mol. The van der Waals surface area contributed by atoms with E-state index in [1.807, 2.05) is 41.3 Å². The fourth-order valence-corrected chi connectivity index (χ4v) is 5.27. The highest BCUT2D eigenvalue weighted by Crippen LogP contribution is 2.42. The summed E-state index contributed by atoms with van der Waals surface area (Å²) in [7, 11) is 0. The first-order chi connectivity index (χ1) is 15.3. The van der Waals surface area contributed by atoms with E-state index in [2.05, 4.69) is 31.3 Å². The van der Waals surface area contributed by atoms with Crippen LogP contribution in [0.1, 0.15) is 46.6 Å². The lowest BCUT2D eigenvalue weighted by atomic mass is 10.0. The Balaban J connectivity index is 1.57. The molecule has 2 amide bonds. The lowest BCUT2D eigenvalue weighted by molar-refractivity contribution is -0.115. The van der Waals surface area contributed by atoms with Crippen LogP contribution in [-0.2, 0) is 4.79 Å². The van der Waals surface area contributed by atoms with Gasteiger partial charge >= 0.3 is 0 Å². The van der Waals surface area contributed by atoms with Crippen LogP contribution in [-0.4, -0.2) is 17.6 Å². The molecule has 7 heteroatoms. The third-order valence-electron chi connectivity index (χ3n) is 5.31. The Labute approximate surface area is 201 Å². The number of carbonyl (C=O) groups is 2. The van der Waals surface area contributed by atoms with Gasteiger partial charge in [0.05, 0.1) is 16.3 Å². The highest BCUT2D eigenvalue weighted by Gasteiger charge is 2.34. The van der Waals surface area contributed by atoms with Crippen molar-refractivity contribution in [1.82, 2.24) is 0 Å². The summed E-state index contributed by atoms with van der Waals surface area (Å²) in [5.41, 5.74) is 4.02. The number of thioether (sulfide) groups is 1. The van der Waals surface area contributed by atoms with E-state index < -0.39 is 0 Å². The van der Waals surface area contributed by atoms with Gasteiger partial charge in [0.25, 0.3) is 5.91 Å². The summed E-state index contributed by atoms with van der Waals surface area (Å²) in [6.07, 6.45) is 0. The maximum absolute atomic E-state index is 12.7. The summed E-state index contributed by atoms with van der Waals surface area (Å²) < 4.78 is 0. The first-order valence-corrected chi connectivity index (χ1v) is 12.0. The summed E-state index contributed by atoms with van der Waals surface area (Å²) in [6, 6.07) is 20.5. The van der Waals surface area contributed by atoms with Crippen molar-refractivity contribution in [2.75, 3.05) is 16.0 Å². The monoisotopic (exact) mass is 484 g/mol. The lowest BCUT2D eigenvalue weighted by Gasteiger charge is -2.25. The van der Waals surface area contributed by atoms with Crippen molar-refractivity contribution in [2.45, 2.75) is 25.1 Å². The number of hydrogen-bond donors (Lipinski definition) is 1. The van der Waals surface area contributed by atoms with Crippen molar-refractivity contribution in [3.63, 3.8) is 0 Å². The smallest absolute Gasteiger partial charge is 0.257 e. The predicted octanol–water partition coefficient (Wildman–Crippen LogP) is 7.15. The minimum atomic E-state index is -0.319. The Kier molecular flexibility index (Phi) is 6.79. The molecule has 164 valence electrons. The van der Waals surface area contributed by atoms with Gasteiger partial charge in [-0.25, -0.2) is 0 Å². The van der Waals surface area contributed by atoms with Gasteiger partial charge in [0.1, 0.15) is 5.37 Å². The largest absolute Gasteiger partial charge is 0.322 e. The lowest BCUT2D eigenvalue weighted by Crippen LogP contribution is -2.27. The first kappa shape index (κ1) is 22.7. The van der Waals surface area contributed by atoms with Crippen LogP contribution in [0.2, 0.25) is 10.0 Å². The fourth-order valence-electron chi connectivity index (χ4n) is 3.61. The van der Waals surface area contributed by atoms with Gasteiger partial charge in [0, 0.05) is 16.4 Å².